The fraction of sp³-hybridized carbons (Fsp3) is 0.500. The summed E-state index contributed by atoms with van der Waals surface area (Å²) < 4.78 is 13.6. The first-order valence-corrected chi connectivity index (χ1v) is 7.32. The first-order chi connectivity index (χ1) is 10.1. The van der Waals surface area contributed by atoms with Gasteiger partial charge in [-0.15, -0.1) is 0 Å². The predicted molar refractivity (Wildman–Crippen MR) is 78.4 cm³/mol. The Labute approximate surface area is 124 Å². The number of benzene rings is 1. The summed E-state index contributed by atoms with van der Waals surface area (Å²) in [6, 6.07) is 6.07. The second-order valence-corrected chi connectivity index (χ2v) is 5.40. The van der Waals surface area contributed by atoms with Crippen molar-refractivity contribution in [1.29, 1.82) is 0 Å². The fourth-order valence-corrected chi connectivity index (χ4v) is 2.78. The summed E-state index contributed by atoms with van der Waals surface area (Å²) in [6.45, 7) is 0.938. The van der Waals surface area contributed by atoms with Crippen LogP contribution in [-0.2, 0) is 16.0 Å². The van der Waals surface area contributed by atoms with E-state index in [4.69, 9.17) is 0 Å². The molecule has 0 radical (unpaired) electrons. The average molecular weight is 292 g/mol. The lowest BCUT2D eigenvalue weighted by Crippen LogP contribution is -2.50. The van der Waals surface area contributed by atoms with E-state index < -0.39 is 0 Å². The third-order valence-electron chi connectivity index (χ3n) is 3.89. The number of Topliss-reactive ketones (excluding diaryl/α,β-unsaturated/α-hetero) is 1. The summed E-state index contributed by atoms with van der Waals surface area (Å²) in [5.74, 6) is -0.461. The van der Waals surface area contributed by atoms with Crippen LogP contribution in [0.1, 0.15) is 24.8 Å². The highest BCUT2D eigenvalue weighted by molar-refractivity contribution is 5.85. The van der Waals surface area contributed by atoms with Crippen molar-refractivity contribution in [2.24, 2.45) is 0 Å². The molecule has 1 fully saturated rings. The van der Waals surface area contributed by atoms with Gasteiger partial charge in [0.15, 0.2) is 5.78 Å². The lowest BCUT2D eigenvalue weighted by atomic mass is 10.00. The number of hydrogen-bond donors (Lipinski definition) is 1. The van der Waals surface area contributed by atoms with E-state index in [9.17, 15) is 14.0 Å². The fourth-order valence-electron chi connectivity index (χ4n) is 2.78. The highest BCUT2D eigenvalue weighted by Crippen LogP contribution is 2.17. The Kier molecular flexibility index (Phi) is 5.44. The first-order valence-electron chi connectivity index (χ1n) is 7.32. The molecular weight excluding hydrogens is 271 g/mol. The van der Waals surface area contributed by atoms with Crippen molar-refractivity contribution in [1.82, 2.24) is 10.2 Å². The molecule has 1 atom stereocenters. The zero-order valence-electron chi connectivity index (χ0n) is 12.3. The van der Waals surface area contributed by atoms with Crippen LogP contribution in [-0.4, -0.2) is 42.8 Å². The van der Waals surface area contributed by atoms with Crippen LogP contribution in [0.25, 0.3) is 0 Å². The molecule has 5 heteroatoms. The van der Waals surface area contributed by atoms with Crippen molar-refractivity contribution in [3.8, 4) is 0 Å². The molecule has 1 aromatic rings. The van der Waals surface area contributed by atoms with Gasteiger partial charge in [0.05, 0.1) is 12.6 Å². The van der Waals surface area contributed by atoms with E-state index in [1.54, 1.807) is 25.2 Å². The number of piperidine rings is 1. The lowest BCUT2D eigenvalue weighted by Gasteiger charge is -2.33. The molecule has 1 aliphatic rings. The number of ketones is 1. The molecule has 0 aliphatic carbocycles. The van der Waals surface area contributed by atoms with Crippen molar-refractivity contribution >= 4 is 11.7 Å². The van der Waals surface area contributed by atoms with Gasteiger partial charge in [0.25, 0.3) is 0 Å². The van der Waals surface area contributed by atoms with E-state index >= 15 is 0 Å². The van der Waals surface area contributed by atoms with Gasteiger partial charge in [-0.1, -0.05) is 24.6 Å². The number of nitrogens with zero attached hydrogens (tertiary/aromatic N) is 1. The number of amides is 1. The largest absolute Gasteiger partial charge is 0.358 e. The van der Waals surface area contributed by atoms with Gasteiger partial charge < -0.3 is 5.32 Å². The number of nitrogens with one attached hydrogen (secondary N) is 1. The quantitative estimate of drug-likeness (QED) is 0.895. The molecule has 114 valence electrons. The average Bonchev–Trinajstić information content (AvgIpc) is 2.49. The maximum atomic E-state index is 13.6. The smallest absolute Gasteiger partial charge is 0.237 e. The van der Waals surface area contributed by atoms with E-state index in [0.717, 1.165) is 25.8 Å². The number of carbonyl (C=O) groups is 2. The molecule has 0 spiro atoms. The zero-order valence-corrected chi connectivity index (χ0v) is 12.3. The van der Waals surface area contributed by atoms with Crippen LogP contribution in [0.3, 0.4) is 0 Å². The van der Waals surface area contributed by atoms with Gasteiger partial charge in [-0.3, -0.25) is 14.5 Å². The molecule has 1 aromatic carbocycles. The van der Waals surface area contributed by atoms with Crippen LogP contribution in [0.5, 0.6) is 0 Å². The Bertz CT molecular complexity index is 519. The van der Waals surface area contributed by atoms with E-state index in [2.05, 4.69) is 5.32 Å². The molecular formula is C16H21FN2O2. The topological polar surface area (TPSA) is 49.4 Å². The van der Waals surface area contributed by atoms with Crippen LogP contribution in [0.2, 0.25) is 0 Å². The number of hydrogen-bond acceptors (Lipinski definition) is 3. The minimum absolute atomic E-state index is 0.0478. The third-order valence-corrected chi connectivity index (χ3v) is 3.89. The minimum Gasteiger partial charge on any atom is -0.358 e. The standard InChI is InChI=1S/C16H21FN2O2/c1-18-16(21)15-8-4-5-9-19(15)11-13(20)10-12-6-2-3-7-14(12)17/h2-3,6-7,15H,4-5,8-11H2,1H3,(H,18,21). The van der Waals surface area contributed by atoms with Crippen LogP contribution < -0.4 is 5.32 Å². The molecule has 4 nitrogen and oxygen atoms in total. The second kappa shape index (κ2) is 7.31. The monoisotopic (exact) mass is 292 g/mol. The van der Waals surface area contributed by atoms with Gasteiger partial charge in [-0.25, -0.2) is 4.39 Å². The zero-order chi connectivity index (χ0) is 15.2. The van der Waals surface area contributed by atoms with Crippen molar-refractivity contribution in [2.45, 2.75) is 31.7 Å². The molecule has 1 unspecified atom stereocenters. The lowest BCUT2D eigenvalue weighted by molar-refractivity contribution is -0.129. The van der Waals surface area contributed by atoms with Crippen molar-refractivity contribution in [2.75, 3.05) is 20.1 Å². The summed E-state index contributed by atoms with van der Waals surface area (Å²) in [4.78, 5) is 25.9. The second-order valence-electron chi connectivity index (χ2n) is 5.40. The van der Waals surface area contributed by atoms with Crippen molar-refractivity contribution in [3.05, 3.63) is 35.6 Å². The van der Waals surface area contributed by atoms with Crippen LogP contribution in [0.15, 0.2) is 24.3 Å². The Morgan fingerprint density at radius 2 is 2.10 bits per heavy atom. The molecule has 1 heterocycles. The third kappa shape index (κ3) is 4.11. The molecule has 1 aliphatic heterocycles. The maximum Gasteiger partial charge on any atom is 0.237 e. The Morgan fingerprint density at radius 1 is 1.33 bits per heavy atom. The molecule has 0 aromatic heterocycles. The molecule has 0 saturated carbocycles. The molecule has 1 saturated heterocycles. The predicted octanol–water partition coefficient (Wildman–Crippen LogP) is 1.54. The Morgan fingerprint density at radius 3 is 2.81 bits per heavy atom. The summed E-state index contributed by atoms with van der Waals surface area (Å²) in [5.41, 5.74) is 0.413. The highest BCUT2D eigenvalue weighted by Gasteiger charge is 2.29. The summed E-state index contributed by atoms with van der Waals surface area (Å²) in [6.07, 6.45) is 2.83. The van der Waals surface area contributed by atoms with E-state index in [1.807, 2.05) is 4.90 Å². The number of halogens is 1. The number of likely N-dealkylation sites (tertiary alicyclic amines) is 1. The van der Waals surface area contributed by atoms with E-state index in [0.29, 0.717) is 5.56 Å². The highest BCUT2D eigenvalue weighted by atomic mass is 19.1. The van der Waals surface area contributed by atoms with Gasteiger partial charge in [-0.05, 0) is 31.0 Å². The molecule has 0 bridgehead atoms. The molecule has 2 rings (SSSR count). The van der Waals surface area contributed by atoms with Crippen LogP contribution in [0, 0.1) is 5.82 Å². The van der Waals surface area contributed by atoms with Gasteiger partial charge in [0.1, 0.15) is 5.82 Å². The number of rotatable bonds is 5. The number of likely N-dealkylation sites (N-methyl/N-ethyl adjacent to an activating group) is 1. The van der Waals surface area contributed by atoms with Crippen LogP contribution in [0.4, 0.5) is 4.39 Å². The minimum atomic E-state index is -0.354. The maximum absolute atomic E-state index is 13.6. The Hall–Kier alpha value is -1.75. The normalized spacial score (nSPS) is 19.2. The van der Waals surface area contributed by atoms with Gasteiger partial charge in [0, 0.05) is 13.5 Å². The van der Waals surface area contributed by atoms with E-state index in [-0.39, 0.29) is 36.5 Å². The SMILES string of the molecule is CNC(=O)C1CCCCN1CC(=O)Cc1ccccc1F. The van der Waals surface area contributed by atoms with Gasteiger partial charge in [-0.2, -0.15) is 0 Å². The first kappa shape index (κ1) is 15.6. The summed E-state index contributed by atoms with van der Waals surface area (Å²) in [7, 11) is 1.61. The van der Waals surface area contributed by atoms with E-state index in [1.165, 1.54) is 6.07 Å². The molecule has 1 N–H and O–H groups in total. The molecule has 21 heavy (non-hydrogen) atoms. The van der Waals surface area contributed by atoms with Gasteiger partial charge in [0.2, 0.25) is 5.91 Å². The summed E-state index contributed by atoms with van der Waals surface area (Å²) >= 11 is 0. The Balaban J connectivity index is 1.97. The number of carbonyl (C=O) groups excluding carboxylic acids is 2. The van der Waals surface area contributed by atoms with Crippen molar-refractivity contribution in [3.63, 3.8) is 0 Å². The summed E-state index contributed by atoms with van der Waals surface area (Å²) in [5, 5.41) is 2.64. The van der Waals surface area contributed by atoms with Gasteiger partial charge >= 0.3 is 0 Å². The van der Waals surface area contributed by atoms with Crippen LogP contribution >= 0.6 is 0 Å². The molecule has 1 amide bonds. The van der Waals surface area contributed by atoms with Crippen molar-refractivity contribution < 1.29 is 14.0 Å².